The summed E-state index contributed by atoms with van der Waals surface area (Å²) in [5, 5.41) is 1.92. The first kappa shape index (κ1) is 15.0. The third-order valence-electron chi connectivity index (χ3n) is 2.92. The Morgan fingerprint density at radius 2 is 2.10 bits per heavy atom. The van der Waals surface area contributed by atoms with Crippen LogP contribution in [0.2, 0.25) is 0 Å². The van der Waals surface area contributed by atoms with Crippen LogP contribution in [0.15, 0.2) is 34.5 Å². The molecule has 0 aliphatic carbocycles. The fourth-order valence-electron chi connectivity index (χ4n) is 1.76. The molecule has 0 saturated heterocycles. The Morgan fingerprint density at radius 3 is 2.75 bits per heavy atom. The van der Waals surface area contributed by atoms with Crippen molar-refractivity contribution in [2.75, 3.05) is 5.73 Å². The second-order valence-corrected chi connectivity index (χ2v) is 7.00. The van der Waals surface area contributed by atoms with Gasteiger partial charge in [0.2, 0.25) is 10.0 Å². The molecule has 1 aromatic heterocycles. The molecular weight excluding hydrogens is 299 g/mol. The lowest BCUT2D eigenvalue weighted by Crippen LogP contribution is -2.23. The third-order valence-corrected chi connectivity index (χ3v) is 5.29. The van der Waals surface area contributed by atoms with Gasteiger partial charge < -0.3 is 5.73 Å². The normalized spacial score (nSPS) is 11.7. The molecule has 20 heavy (non-hydrogen) atoms. The molecule has 0 fully saturated rings. The van der Waals surface area contributed by atoms with E-state index in [-0.39, 0.29) is 17.1 Å². The zero-order valence-electron chi connectivity index (χ0n) is 10.9. The summed E-state index contributed by atoms with van der Waals surface area (Å²) in [6.07, 6.45) is 0.844. The molecule has 1 aromatic carbocycles. The number of aryl methyl sites for hydroxylation is 1. The van der Waals surface area contributed by atoms with Crippen LogP contribution in [0.5, 0.6) is 0 Å². The number of benzene rings is 1. The average molecular weight is 314 g/mol. The smallest absolute Gasteiger partial charge is 0.241 e. The SMILES string of the molecule is CCc1ccsc1CNS(=O)(=O)c1ccc(N)c(F)c1. The molecular formula is C13H15FN2O2S2. The summed E-state index contributed by atoms with van der Waals surface area (Å²) in [7, 11) is -3.74. The van der Waals surface area contributed by atoms with Gasteiger partial charge in [-0.1, -0.05) is 6.92 Å². The minimum Gasteiger partial charge on any atom is -0.396 e. The third kappa shape index (κ3) is 3.17. The molecule has 108 valence electrons. The lowest BCUT2D eigenvalue weighted by molar-refractivity contribution is 0.578. The Morgan fingerprint density at radius 1 is 1.35 bits per heavy atom. The standard InChI is InChI=1S/C13H15FN2O2S2/c1-2-9-5-6-19-13(9)8-16-20(17,18)10-3-4-12(15)11(14)7-10/h3-7,16H,2,8,15H2,1H3. The van der Waals surface area contributed by atoms with Crippen LogP contribution in [-0.4, -0.2) is 8.42 Å². The highest BCUT2D eigenvalue weighted by atomic mass is 32.2. The Labute approximate surface area is 121 Å². The second-order valence-electron chi connectivity index (χ2n) is 4.23. The molecule has 0 unspecified atom stereocenters. The summed E-state index contributed by atoms with van der Waals surface area (Å²) in [4.78, 5) is 0.839. The molecule has 7 heteroatoms. The van der Waals surface area contributed by atoms with Crippen molar-refractivity contribution in [2.24, 2.45) is 0 Å². The van der Waals surface area contributed by atoms with Gasteiger partial charge in [0.1, 0.15) is 5.82 Å². The number of sulfonamides is 1. The average Bonchev–Trinajstić information content (AvgIpc) is 2.87. The molecule has 1 heterocycles. The lowest BCUT2D eigenvalue weighted by Gasteiger charge is -2.08. The summed E-state index contributed by atoms with van der Waals surface area (Å²) >= 11 is 1.49. The zero-order chi connectivity index (χ0) is 14.8. The Kier molecular flexibility index (Phi) is 4.42. The molecule has 0 amide bonds. The number of nitrogens with two attached hydrogens (primary N) is 1. The van der Waals surface area contributed by atoms with Crippen LogP contribution in [0.4, 0.5) is 10.1 Å². The number of rotatable bonds is 5. The molecule has 3 N–H and O–H groups in total. The van der Waals surface area contributed by atoms with E-state index in [9.17, 15) is 12.8 Å². The van der Waals surface area contributed by atoms with Gasteiger partial charge in [-0.05, 0) is 41.6 Å². The van der Waals surface area contributed by atoms with Crippen molar-refractivity contribution in [3.8, 4) is 0 Å². The molecule has 4 nitrogen and oxygen atoms in total. The monoisotopic (exact) mass is 314 g/mol. The Bertz CT molecular complexity index is 711. The second kappa shape index (κ2) is 5.90. The van der Waals surface area contributed by atoms with Crippen LogP contribution in [-0.2, 0) is 23.0 Å². The van der Waals surface area contributed by atoms with E-state index in [0.29, 0.717) is 0 Å². The minimum atomic E-state index is -3.74. The summed E-state index contributed by atoms with van der Waals surface area (Å²) < 4.78 is 40.0. The Balaban J connectivity index is 2.17. The quantitative estimate of drug-likeness (QED) is 0.833. The summed E-state index contributed by atoms with van der Waals surface area (Å²) in [6, 6.07) is 5.42. The summed E-state index contributed by atoms with van der Waals surface area (Å²) in [6.45, 7) is 2.21. The molecule has 0 aliphatic heterocycles. The fraction of sp³-hybridized carbons (Fsp3) is 0.231. The summed E-state index contributed by atoms with van der Waals surface area (Å²) in [5.41, 5.74) is 6.37. The molecule has 0 bridgehead atoms. The van der Waals surface area contributed by atoms with Gasteiger partial charge in [-0.3, -0.25) is 0 Å². The number of nitrogens with one attached hydrogen (secondary N) is 1. The van der Waals surface area contributed by atoms with Gasteiger partial charge >= 0.3 is 0 Å². The van der Waals surface area contributed by atoms with Crippen molar-refractivity contribution < 1.29 is 12.8 Å². The number of halogens is 1. The highest BCUT2D eigenvalue weighted by Crippen LogP contribution is 2.19. The van der Waals surface area contributed by atoms with Gasteiger partial charge in [0.25, 0.3) is 0 Å². The van der Waals surface area contributed by atoms with E-state index in [2.05, 4.69) is 4.72 Å². The van der Waals surface area contributed by atoms with E-state index in [0.717, 1.165) is 22.9 Å². The molecule has 2 rings (SSSR count). The van der Waals surface area contributed by atoms with Crippen LogP contribution in [0.3, 0.4) is 0 Å². The van der Waals surface area contributed by atoms with Gasteiger partial charge in [0.05, 0.1) is 10.6 Å². The van der Waals surface area contributed by atoms with Crippen molar-refractivity contribution in [3.63, 3.8) is 0 Å². The molecule has 0 aliphatic rings. The first-order valence-electron chi connectivity index (χ1n) is 6.04. The van der Waals surface area contributed by atoms with E-state index in [1.807, 2.05) is 18.4 Å². The first-order valence-corrected chi connectivity index (χ1v) is 8.40. The van der Waals surface area contributed by atoms with Gasteiger partial charge in [-0.2, -0.15) is 0 Å². The lowest BCUT2D eigenvalue weighted by atomic mass is 10.2. The van der Waals surface area contributed by atoms with E-state index in [1.165, 1.54) is 23.5 Å². The predicted octanol–water partition coefficient (Wildman–Crippen LogP) is 2.51. The maximum absolute atomic E-state index is 13.3. The van der Waals surface area contributed by atoms with Gasteiger partial charge in [-0.25, -0.2) is 17.5 Å². The molecule has 0 saturated carbocycles. The predicted molar refractivity (Wildman–Crippen MR) is 78.5 cm³/mol. The van der Waals surface area contributed by atoms with Gasteiger partial charge in [-0.15, -0.1) is 11.3 Å². The van der Waals surface area contributed by atoms with Gasteiger partial charge in [0.15, 0.2) is 0 Å². The maximum atomic E-state index is 13.3. The van der Waals surface area contributed by atoms with Gasteiger partial charge in [0, 0.05) is 11.4 Å². The van der Waals surface area contributed by atoms with Crippen molar-refractivity contribution in [1.82, 2.24) is 4.72 Å². The van der Waals surface area contributed by atoms with Crippen molar-refractivity contribution >= 4 is 27.0 Å². The van der Waals surface area contributed by atoms with Crippen LogP contribution < -0.4 is 10.5 Å². The molecule has 0 radical (unpaired) electrons. The van der Waals surface area contributed by atoms with Crippen molar-refractivity contribution in [2.45, 2.75) is 24.8 Å². The highest BCUT2D eigenvalue weighted by molar-refractivity contribution is 7.89. The number of thiophene rings is 1. The van der Waals surface area contributed by atoms with Crippen LogP contribution >= 0.6 is 11.3 Å². The number of anilines is 1. The molecule has 2 aromatic rings. The Hall–Kier alpha value is -1.44. The topological polar surface area (TPSA) is 72.2 Å². The van der Waals surface area contributed by atoms with E-state index >= 15 is 0 Å². The summed E-state index contributed by atoms with van der Waals surface area (Å²) in [5.74, 6) is -0.738. The van der Waals surface area contributed by atoms with Crippen molar-refractivity contribution in [1.29, 1.82) is 0 Å². The highest BCUT2D eigenvalue weighted by Gasteiger charge is 2.16. The fourth-order valence-corrected chi connectivity index (χ4v) is 3.77. The molecule has 0 spiro atoms. The minimum absolute atomic E-state index is 0.0736. The molecule has 0 atom stereocenters. The van der Waals surface area contributed by atoms with Crippen LogP contribution in [0, 0.1) is 5.82 Å². The largest absolute Gasteiger partial charge is 0.396 e. The van der Waals surface area contributed by atoms with E-state index < -0.39 is 15.8 Å². The first-order chi connectivity index (χ1) is 9.44. The zero-order valence-corrected chi connectivity index (χ0v) is 12.5. The van der Waals surface area contributed by atoms with Crippen LogP contribution in [0.25, 0.3) is 0 Å². The number of hydrogen-bond acceptors (Lipinski definition) is 4. The van der Waals surface area contributed by atoms with Crippen LogP contribution in [0.1, 0.15) is 17.4 Å². The van der Waals surface area contributed by atoms with E-state index in [4.69, 9.17) is 5.73 Å². The van der Waals surface area contributed by atoms with E-state index in [1.54, 1.807) is 0 Å². The number of nitrogen functional groups attached to an aromatic ring is 1. The number of hydrogen-bond donors (Lipinski definition) is 2. The maximum Gasteiger partial charge on any atom is 0.241 e. The van der Waals surface area contributed by atoms with Crippen molar-refractivity contribution in [3.05, 3.63) is 45.9 Å².